The molecule has 0 radical (unpaired) electrons. The fourth-order valence-electron chi connectivity index (χ4n) is 1.81. The minimum absolute atomic E-state index is 0.153. The first-order chi connectivity index (χ1) is 8.69. The van der Waals surface area contributed by atoms with Gasteiger partial charge in [0, 0.05) is 18.4 Å². The van der Waals surface area contributed by atoms with E-state index in [1.807, 2.05) is 25.1 Å². The van der Waals surface area contributed by atoms with Crippen LogP contribution in [-0.2, 0) is 0 Å². The molecule has 0 aromatic carbocycles. The summed E-state index contributed by atoms with van der Waals surface area (Å²) in [6.07, 6.45) is 1.80. The molecule has 94 valence electrons. The SMILES string of the molecule is Cc1cc(C)nc(SC(CN)c2ccccn2)c1. The molecule has 0 amide bonds. The van der Waals surface area contributed by atoms with Gasteiger partial charge in [-0.2, -0.15) is 0 Å². The first kappa shape index (κ1) is 13.1. The monoisotopic (exact) mass is 259 g/mol. The molecule has 2 aromatic rings. The first-order valence-electron chi connectivity index (χ1n) is 5.92. The van der Waals surface area contributed by atoms with Crippen LogP contribution in [-0.4, -0.2) is 16.5 Å². The van der Waals surface area contributed by atoms with Gasteiger partial charge in [0.25, 0.3) is 0 Å². The number of pyridine rings is 2. The van der Waals surface area contributed by atoms with Crippen molar-refractivity contribution in [3.63, 3.8) is 0 Å². The Kier molecular flexibility index (Phi) is 4.33. The molecule has 1 unspecified atom stereocenters. The Morgan fingerprint density at radius 1 is 1.28 bits per heavy atom. The lowest BCUT2D eigenvalue weighted by Crippen LogP contribution is -2.10. The van der Waals surface area contributed by atoms with Crippen molar-refractivity contribution in [2.24, 2.45) is 5.73 Å². The van der Waals surface area contributed by atoms with Crippen molar-refractivity contribution in [1.82, 2.24) is 9.97 Å². The van der Waals surface area contributed by atoms with Gasteiger partial charge in [0.1, 0.15) is 0 Å². The predicted octanol–water partition coefficient (Wildman–Crippen LogP) is 2.89. The lowest BCUT2D eigenvalue weighted by Gasteiger charge is -2.13. The van der Waals surface area contributed by atoms with Crippen molar-refractivity contribution in [2.45, 2.75) is 24.1 Å². The van der Waals surface area contributed by atoms with Gasteiger partial charge < -0.3 is 5.73 Å². The van der Waals surface area contributed by atoms with Crippen LogP contribution in [0.3, 0.4) is 0 Å². The minimum Gasteiger partial charge on any atom is -0.329 e. The molecule has 2 N–H and O–H groups in total. The zero-order valence-electron chi connectivity index (χ0n) is 10.6. The van der Waals surface area contributed by atoms with Gasteiger partial charge in [-0.3, -0.25) is 4.98 Å². The van der Waals surface area contributed by atoms with Crippen molar-refractivity contribution >= 4 is 11.8 Å². The topological polar surface area (TPSA) is 51.8 Å². The smallest absolute Gasteiger partial charge is 0.0972 e. The molecule has 4 heteroatoms. The molecule has 0 fully saturated rings. The van der Waals surface area contributed by atoms with Crippen molar-refractivity contribution in [3.05, 3.63) is 53.5 Å². The molecule has 1 atom stereocenters. The molecule has 2 aromatic heterocycles. The number of nitrogens with zero attached hydrogens (tertiary/aromatic N) is 2. The third-order valence-corrected chi connectivity index (χ3v) is 3.74. The van der Waals surface area contributed by atoms with Crippen molar-refractivity contribution in [3.8, 4) is 0 Å². The summed E-state index contributed by atoms with van der Waals surface area (Å²) in [6, 6.07) is 10.1. The molecule has 0 saturated heterocycles. The van der Waals surface area contributed by atoms with E-state index in [0.29, 0.717) is 6.54 Å². The van der Waals surface area contributed by atoms with Gasteiger partial charge in [-0.15, -0.1) is 0 Å². The summed E-state index contributed by atoms with van der Waals surface area (Å²) < 4.78 is 0. The fraction of sp³-hybridized carbons (Fsp3) is 0.286. The second-order valence-electron chi connectivity index (χ2n) is 4.22. The van der Waals surface area contributed by atoms with Gasteiger partial charge in [0.15, 0.2) is 0 Å². The number of aromatic nitrogens is 2. The summed E-state index contributed by atoms with van der Waals surface area (Å²) >= 11 is 1.67. The van der Waals surface area contributed by atoms with Gasteiger partial charge in [0.2, 0.25) is 0 Å². The quantitative estimate of drug-likeness (QED) is 0.858. The molecule has 3 nitrogen and oxygen atoms in total. The lowest BCUT2D eigenvalue weighted by atomic mass is 10.2. The van der Waals surface area contributed by atoms with Crippen LogP contribution < -0.4 is 5.73 Å². The maximum atomic E-state index is 5.84. The van der Waals surface area contributed by atoms with E-state index < -0.39 is 0 Å². The van der Waals surface area contributed by atoms with Gasteiger partial charge in [-0.05, 0) is 43.7 Å². The van der Waals surface area contributed by atoms with Gasteiger partial charge in [-0.1, -0.05) is 17.8 Å². The second kappa shape index (κ2) is 5.98. The van der Waals surface area contributed by atoms with E-state index in [1.54, 1.807) is 18.0 Å². The molecule has 0 aliphatic heterocycles. The van der Waals surface area contributed by atoms with Gasteiger partial charge in [0.05, 0.1) is 16.0 Å². The summed E-state index contributed by atoms with van der Waals surface area (Å²) in [6.45, 7) is 4.64. The normalized spacial score (nSPS) is 12.4. The number of rotatable bonds is 4. The average molecular weight is 259 g/mol. The molecule has 2 rings (SSSR count). The van der Waals surface area contributed by atoms with Crippen LogP contribution in [0.1, 0.15) is 22.2 Å². The summed E-state index contributed by atoms with van der Waals surface area (Å²) in [5, 5.41) is 1.16. The predicted molar refractivity (Wildman–Crippen MR) is 75.6 cm³/mol. The van der Waals surface area contributed by atoms with E-state index in [2.05, 4.69) is 29.0 Å². The average Bonchev–Trinajstić information content (AvgIpc) is 2.36. The second-order valence-corrected chi connectivity index (χ2v) is 5.44. The maximum absolute atomic E-state index is 5.84. The fourth-order valence-corrected chi connectivity index (χ4v) is 2.90. The molecule has 0 bridgehead atoms. The largest absolute Gasteiger partial charge is 0.329 e. The molecule has 18 heavy (non-hydrogen) atoms. The molecule has 0 spiro atoms. The zero-order valence-corrected chi connectivity index (χ0v) is 11.4. The van der Waals surface area contributed by atoms with Crippen LogP contribution in [0.2, 0.25) is 0 Å². The van der Waals surface area contributed by atoms with E-state index in [4.69, 9.17) is 5.73 Å². The number of thioether (sulfide) groups is 1. The van der Waals surface area contributed by atoms with Crippen LogP contribution in [0.5, 0.6) is 0 Å². The Balaban J connectivity index is 2.20. The Morgan fingerprint density at radius 2 is 2.11 bits per heavy atom. The highest BCUT2D eigenvalue weighted by atomic mass is 32.2. The van der Waals surface area contributed by atoms with E-state index in [1.165, 1.54) is 5.56 Å². The third kappa shape index (κ3) is 3.31. The number of nitrogens with two attached hydrogens (primary N) is 1. The molecule has 0 saturated carbocycles. The first-order valence-corrected chi connectivity index (χ1v) is 6.80. The van der Waals surface area contributed by atoms with E-state index >= 15 is 0 Å². The van der Waals surface area contributed by atoms with E-state index in [9.17, 15) is 0 Å². The van der Waals surface area contributed by atoms with Crippen molar-refractivity contribution < 1.29 is 0 Å². The van der Waals surface area contributed by atoms with E-state index in [-0.39, 0.29) is 5.25 Å². The highest BCUT2D eigenvalue weighted by Gasteiger charge is 2.13. The van der Waals surface area contributed by atoms with E-state index in [0.717, 1.165) is 16.4 Å². The van der Waals surface area contributed by atoms with Crippen LogP contribution in [0.25, 0.3) is 0 Å². The van der Waals surface area contributed by atoms with Crippen LogP contribution in [0.4, 0.5) is 0 Å². The molecule has 0 aliphatic carbocycles. The van der Waals surface area contributed by atoms with Gasteiger partial charge >= 0.3 is 0 Å². The van der Waals surface area contributed by atoms with Gasteiger partial charge in [-0.25, -0.2) is 4.98 Å². The molecular weight excluding hydrogens is 242 g/mol. The molecular formula is C14H17N3S. The van der Waals surface area contributed by atoms with Crippen molar-refractivity contribution in [2.75, 3.05) is 6.54 Å². The highest BCUT2D eigenvalue weighted by molar-refractivity contribution is 7.99. The minimum atomic E-state index is 0.153. The lowest BCUT2D eigenvalue weighted by molar-refractivity contribution is 0.892. The van der Waals surface area contributed by atoms with Crippen LogP contribution in [0, 0.1) is 13.8 Å². The molecule has 0 aliphatic rings. The van der Waals surface area contributed by atoms with Crippen LogP contribution >= 0.6 is 11.8 Å². The summed E-state index contributed by atoms with van der Waals surface area (Å²) in [7, 11) is 0. The Labute approximate surface area is 112 Å². The number of hydrogen-bond acceptors (Lipinski definition) is 4. The maximum Gasteiger partial charge on any atom is 0.0972 e. The Morgan fingerprint density at radius 3 is 2.72 bits per heavy atom. The Bertz CT molecular complexity index is 493. The zero-order chi connectivity index (χ0) is 13.0. The molecule has 2 heterocycles. The van der Waals surface area contributed by atoms with Crippen LogP contribution in [0.15, 0.2) is 41.6 Å². The third-order valence-electron chi connectivity index (χ3n) is 2.57. The Hall–Kier alpha value is -1.39. The summed E-state index contributed by atoms with van der Waals surface area (Å²) in [5.74, 6) is 0. The number of aryl methyl sites for hydroxylation is 2. The summed E-state index contributed by atoms with van der Waals surface area (Å²) in [4.78, 5) is 8.89. The summed E-state index contributed by atoms with van der Waals surface area (Å²) in [5.41, 5.74) is 9.11. The standard InChI is InChI=1S/C14H17N3S/c1-10-7-11(2)17-14(8-10)18-13(9-15)12-5-3-4-6-16-12/h3-8,13H,9,15H2,1-2H3. The highest BCUT2D eigenvalue weighted by Crippen LogP contribution is 2.32. The number of hydrogen-bond donors (Lipinski definition) is 1. The van der Waals surface area contributed by atoms with Crippen molar-refractivity contribution in [1.29, 1.82) is 0 Å².